The molecule has 8 heteroatoms. The van der Waals surface area contributed by atoms with Crippen molar-refractivity contribution in [2.24, 2.45) is 0 Å². The van der Waals surface area contributed by atoms with E-state index in [-0.39, 0.29) is 28.4 Å². The molecule has 0 saturated heterocycles. The molecule has 4 saturated carbocycles. The van der Waals surface area contributed by atoms with Gasteiger partial charge in [-0.3, -0.25) is 0 Å². The van der Waals surface area contributed by atoms with Crippen LogP contribution in [0.15, 0.2) is 176 Å². The molecule has 0 N–H and O–H groups in total. The Hall–Kier alpha value is -6.59. The zero-order valence-corrected chi connectivity index (χ0v) is 48.2. The van der Waals surface area contributed by atoms with Crippen molar-refractivity contribution < 1.29 is 0 Å². The third-order valence-corrected chi connectivity index (χ3v) is 22.6. The van der Waals surface area contributed by atoms with Crippen LogP contribution >= 0.6 is 0 Å². The SMILES string of the molecule is c1ccc(N2c3ccccc3B3c4cc5c(cc4[Se]c4cc(N(C6CCCCC6)C6CCCCC6)cc2c43)N(c2ccccc2)c2cc(N(C3CCCCC3)C3CCCCC3)cc3c2B5c2ccccc2N3c2ccccc2)cc1. The number of hydrogen-bond donors (Lipinski definition) is 0. The van der Waals surface area contributed by atoms with E-state index in [0.29, 0.717) is 24.2 Å². The normalized spacial score (nSPS) is 18.9. The van der Waals surface area contributed by atoms with Crippen molar-refractivity contribution in [1.82, 2.24) is 0 Å². The molecule has 0 unspecified atom stereocenters. The summed E-state index contributed by atoms with van der Waals surface area (Å²) in [5.41, 5.74) is 23.3. The van der Waals surface area contributed by atoms with E-state index in [0.717, 1.165) is 0 Å². The summed E-state index contributed by atoms with van der Waals surface area (Å²) >= 11 is 0.0450. The summed E-state index contributed by atoms with van der Waals surface area (Å²) in [4.78, 5) is 14.0. The van der Waals surface area contributed by atoms with E-state index in [1.807, 2.05) is 0 Å². The standard InChI is InChI=1S/C72H73B2N5Se/c1-8-26-50(27-9-1)75(51-28-10-2-11-29-51)57-44-66-71-67(45-57)79(56-38-20-7-21-39-56)65-49-69-62(48-61(65)73(71)59-40-22-24-42-63(59)77(66)54-34-16-5-17-35-54)74-60-41-23-25-43-64(60)78(55-36-18-6-19-37-55)68-46-58(47-70(80-69)72(68)74)76(52-30-12-3-13-31-52)53-32-14-4-15-33-53/h5-7,16-25,34-53H,1-4,8-15,26-33H2. The van der Waals surface area contributed by atoms with E-state index < -0.39 is 0 Å². The molecule has 4 heterocycles. The Labute approximate surface area is 482 Å². The Balaban J connectivity index is 0.951. The van der Waals surface area contributed by atoms with E-state index in [9.17, 15) is 0 Å². The van der Waals surface area contributed by atoms with E-state index in [1.54, 1.807) is 4.46 Å². The fourth-order valence-electron chi connectivity index (χ4n) is 16.8. The van der Waals surface area contributed by atoms with Crippen LogP contribution in [0.4, 0.5) is 62.6 Å². The quantitative estimate of drug-likeness (QED) is 0.134. The first-order chi connectivity index (χ1) is 39.7. The number of nitrogens with zero attached hydrogens (tertiary/aromatic N) is 5. The molecule has 0 bridgehead atoms. The van der Waals surface area contributed by atoms with Crippen LogP contribution in [0.1, 0.15) is 128 Å². The van der Waals surface area contributed by atoms with E-state index in [2.05, 4.69) is 200 Å². The van der Waals surface area contributed by atoms with Gasteiger partial charge in [-0.25, -0.2) is 0 Å². The Morgan fingerprint density at radius 1 is 0.300 bits per heavy atom. The van der Waals surface area contributed by atoms with Crippen molar-refractivity contribution in [3.8, 4) is 0 Å². The zero-order valence-electron chi connectivity index (χ0n) is 46.5. The van der Waals surface area contributed by atoms with Crippen LogP contribution in [0.3, 0.4) is 0 Å². The van der Waals surface area contributed by atoms with Gasteiger partial charge in [-0.1, -0.05) is 0 Å². The summed E-state index contributed by atoms with van der Waals surface area (Å²) in [6.07, 6.45) is 26.5. The monoisotopic (exact) mass is 1110 g/mol. The first-order valence-electron chi connectivity index (χ1n) is 31.2. The second-order valence-electron chi connectivity index (χ2n) is 24.8. The van der Waals surface area contributed by atoms with E-state index in [1.165, 1.54) is 228 Å². The topological polar surface area (TPSA) is 16.2 Å². The average Bonchev–Trinajstić information content (AvgIpc) is 3.70. The molecule has 0 aromatic heterocycles. The van der Waals surface area contributed by atoms with Gasteiger partial charge in [-0.15, -0.1) is 0 Å². The van der Waals surface area contributed by atoms with Crippen LogP contribution in [-0.4, -0.2) is 52.5 Å². The number of hydrogen-bond acceptors (Lipinski definition) is 5. The molecular weight excluding hydrogens is 1040 g/mol. The van der Waals surface area contributed by atoms with Crippen LogP contribution in [0, 0.1) is 0 Å². The minimum atomic E-state index is 0.0400. The first kappa shape index (κ1) is 49.2. The van der Waals surface area contributed by atoms with Gasteiger partial charge < -0.3 is 0 Å². The molecule has 0 atom stereocenters. The molecule has 16 rings (SSSR count). The number of fused-ring (bicyclic) bond motifs is 8. The van der Waals surface area contributed by atoms with Crippen LogP contribution in [-0.2, 0) is 0 Å². The van der Waals surface area contributed by atoms with Gasteiger partial charge in [0.2, 0.25) is 0 Å². The molecule has 0 spiro atoms. The van der Waals surface area contributed by atoms with Gasteiger partial charge in [0, 0.05) is 0 Å². The van der Waals surface area contributed by atoms with Gasteiger partial charge in [0.1, 0.15) is 0 Å². The molecule has 5 nitrogen and oxygen atoms in total. The molecule has 4 aliphatic heterocycles. The van der Waals surface area contributed by atoms with E-state index >= 15 is 0 Å². The Morgan fingerprint density at radius 3 is 1.10 bits per heavy atom. The molecule has 8 aromatic carbocycles. The maximum atomic E-state index is 3.01. The van der Waals surface area contributed by atoms with Crippen LogP contribution < -0.4 is 66.2 Å². The molecule has 8 aromatic rings. The third kappa shape index (κ3) is 8.23. The maximum absolute atomic E-state index is 3.01. The van der Waals surface area contributed by atoms with Gasteiger partial charge in [-0.2, -0.15) is 0 Å². The second kappa shape index (κ2) is 20.7. The predicted molar refractivity (Wildman–Crippen MR) is 344 cm³/mol. The van der Waals surface area contributed by atoms with Crippen LogP contribution in [0.2, 0.25) is 0 Å². The summed E-state index contributed by atoms with van der Waals surface area (Å²) in [6.45, 7) is 0.143. The van der Waals surface area contributed by atoms with Gasteiger partial charge in [0.25, 0.3) is 0 Å². The fourth-order valence-corrected chi connectivity index (χ4v) is 19.4. The predicted octanol–water partition coefficient (Wildman–Crippen LogP) is 13.0. The Morgan fingerprint density at radius 2 is 0.662 bits per heavy atom. The van der Waals surface area contributed by atoms with Crippen LogP contribution in [0.25, 0.3) is 0 Å². The Bertz CT molecular complexity index is 3550. The first-order valence-corrected chi connectivity index (χ1v) is 33.0. The number of rotatable bonds is 9. The van der Waals surface area contributed by atoms with Crippen molar-refractivity contribution in [2.45, 2.75) is 153 Å². The van der Waals surface area contributed by atoms with Crippen molar-refractivity contribution in [2.75, 3.05) is 24.5 Å². The molecule has 8 aliphatic rings. The van der Waals surface area contributed by atoms with Gasteiger partial charge in [0.15, 0.2) is 0 Å². The van der Waals surface area contributed by atoms with Crippen molar-refractivity contribution in [3.63, 3.8) is 0 Å². The number of para-hydroxylation sites is 5. The third-order valence-electron chi connectivity index (χ3n) is 20.3. The van der Waals surface area contributed by atoms with Crippen molar-refractivity contribution in [3.05, 3.63) is 176 Å². The number of benzene rings is 8. The summed E-state index contributed by atoms with van der Waals surface area (Å²) < 4.78 is 3.10. The zero-order chi connectivity index (χ0) is 52.7. The van der Waals surface area contributed by atoms with Crippen molar-refractivity contribution >= 4 is 133 Å². The van der Waals surface area contributed by atoms with Gasteiger partial charge >= 0.3 is 486 Å². The average molecular weight is 1110 g/mol. The molecule has 0 amide bonds. The molecule has 4 aliphatic carbocycles. The molecule has 80 heavy (non-hydrogen) atoms. The minimum absolute atomic E-state index is 0.0400. The summed E-state index contributed by atoms with van der Waals surface area (Å²) in [5.74, 6) is 0. The van der Waals surface area contributed by atoms with Gasteiger partial charge in [0.05, 0.1) is 0 Å². The van der Waals surface area contributed by atoms with Crippen molar-refractivity contribution in [1.29, 1.82) is 0 Å². The summed E-state index contributed by atoms with van der Waals surface area (Å²) in [5, 5.41) is 0. The molecule has 398 valence electrons. The van der Waals surface area contributed by atoms with Crippen LogP contribution in [0.5, 0.6) is 0 Å². The fraction of sp³-hybridized carbons (Fsp3) is 0.333. The summed E-state index contributed by atoms with van der Waals surface area (Å²) in [7, 11) is 0. The molecule has 4 fully saturated rings. The summed E-state index contributed by atoms with van der Waals surface area (Å²) in [6, 6.07) is 71.7. The van der Waals surface area contributed by atoms with Gasteiger partial charge in [-0.05, 0) is 0 Å². The molecule has 0 radical (unpaired) electrons. The van der Waals surface area contributed by atoms with E-state index in [4.69, 9.17) is 0 Å². The second-order valence-corrected chi connectivity index (χ2v) is 27.1. The Kier molecular flexibility index (Phi) is 12.8. The number of anilines is 11. The molecular formula is C72H73B2N5Se.